The number of fused-ring (bicyclic) bond motifs is 1. The summed E-state index contributed by atoms with van der Waals surface area (Å²) in [6.07, 6.45) is 0.288. The van der Waals surface area contributed by atoms with Crippen LogP contribution in [0.4, 0.5) is 10.7 Å². The minimum atomic E-state index is -0.514. The highest BCUT2D eigenvalue weighted by Crippen LogP contribution is 2.23. The van der Waals surface area contributed by atoms with Crippen molar-refractivity contribution in [3.8, 4) is 0 Å². The Morgan fingerprint density at radius 3 is 2.59 bits per heavy atom. The maximum absolute atomic E-state index is 12.2. The largest absolute Gasteiger partial charge is 0.444 e. The summed E-state index contributed by atoms with van der Waals surface area (Å²) in [6, 6.07) is 0. The van der Waals surface area contributed by atoms with Gasteiger partial charge in [0.2, 0.25) is 0 Å². The van der Waals surface area contributed by atoms with E-state index in [0.29, 0.717) is 19.5 Å². The van der Waals surface area contributed by atoms with Gasteiger partial charge in [-0.25, -0.2) is 14.8 Å². The van der Waals surface area contributed by atoms with Gasteiger partial charge >= 0.3 is 6.09 Å². The van der Waals surface area contributed by atoms with E-state index >= 15 is 0 Å². The van der Waals surface area contributed by atoms with Crippen LogP contribution in [0.15, 0.2) is 4.99 Å². The second kappa shape index (κ2) is 5.78. The molecule has 22 heavy (non-hydrogen) atoms. The predicted molar refractivity (Wildman–Crippen MR) is 82.6 cm³/mol. The Bertz CT molecular complexity index is 616. The second-order valence-electron chi connectivity index (χ2n) is 6.22. The fourth-order valence-corrected chi connectivity index (χ4v) is 2.21. The van der Waals surface area contributed by atoms with Crippen molar-refractivity contribution >= 4 is 18.0 Å². The lowest BCUT2D eigenvalue weighted by atomic mass is 10.0. The molecule has 0 radical (unpaired) electrons. The highest BCUT2D eigenvalue weighted by atomic mass is 16.6. The van der Waals surface area contributed by atoms with E-state index < -0.39 is 5.60 Å². The summed E-state index contributed by atoms with van der Waals surface area (Å²) >= 11 is 0. The van der Waals surface area contributed by atoms with Gasteiger partial charge in [-0.15, -0.1) is 0 Å². The molecule has 0 saturated heterocycles. The third-order valence-electron chi connectivity index (χ3n) is 3.14. The van der Waals surface area contributed by atoms with Gasteiger partial charge in [-0.2, -0.15) is 4.99 Å². The number of aliphatic imine (C=N–C) groups is 1. The monoisotopic (exact) mass is 306 g/mol. The lowest BCUT2D eigenvalue weighted by Crippen LogP contribution is -2.40. The first-order valence-electron chi connectivity index (χ1n) is 7.09. The maximum atomic E-state index is 12.2. The predicted octanol–water partition coefficient (Wildman–Crippen LogP) is 0.983. The van der Waals surface area contributed by atoms with Crippen LogP contribution in [-0.2, 0) is 17.7 Å². The topological polar surface area (TPSA) is 120 Å². The van der Waals surface area contributed by atoms with E-state index in [9.17, 15) is 4.79 Å². The van der Waals surface area contributed by atoms with Crippen LogP contribution >= 0.6 is 0 Å². The van der Waals surface area contributed by atoms with E-state index in [1.807, 2.05) is 27.7 Å². The van der Waals surface area contributed by atoms with Gasteiger partial charge in [0.1, 0.15) is 5.60 Å². The van der Waals surface area contributed by atoms with E-state index in [2.05, 4.69) is 15.0 Å². The lowest BCUT2D eigenvalue weighted by molar-refractivity contribution is 0.0222. The van der Waals surface area contributed by atoms with Crippen molar-refractivity contribution in [2.24, 2.45) is 16.5 Å². The Morgan fingerprint density at radius 1 is 1.32 bits per heavy atom. The molecule has 0 aliphatic carbocycles. The van der Waals surface area contributed by atoms with Crippen molar-refractivity contribution in [1.82, 2.24) is 14.9 Å². The number of amides is 1. The average molecular weight is 306 g/mol. The first kappa shape index (κ1) is 16.0. The van der Waals surface area contributed by atoms with Crippen molar-refractivity contribution in [3.63, 3.8) is 0 Å². The molecule has 0 spiro atoms. The molecule has 0 fully saturated rings. The highest BCUT2D eigenvalue weighted by Gasteiger charge is 2.27. The van der Waals surface area contributed by atoms with Crippen molar-refractivity contribution in [2.75, 3.05) is 6.54 Å². The molecule has 0 saturated carbocycles. The van der Waals surface area contributed by atoms with Gasteiger partial charge in [-0.05, 0) is 27.7 Å². The van der Waals surface area contributed by atoms with Gasteiger partial charge in [0.15, 0.2) is 5.96 Å². The van der Waals surface area contributed by atoms with Crippen LogP contribution in [0.5, 0.6) is 0 Å². The average Bonchev–Trinajstić information content (AvgIpc) is 2.35. The van der Waals surface area contributed by atoms with Gasteiger partial charge in [0, 0.05) is 24.2 Å². The van der Waals surface area contributed by atoms with E-state index in [0.717, 1.165) is 17.0 Å². The molecular formula is C14H22N6O2. The summed E-state index contributed by atoms with van der Waals surface area (Å²) in [4.78, 5) is 26.3. The summed E-state index contributed by atoms with van der Waals surface area (Å²) in [6.45, 7) is 8.36. The third kappa shape index (κ3) is 3.84. The van der Waals surface area contributed by atoms with E-state index in [4.69, 9.17) is 16.2 Å². The number of aryl methyl sites for hydroxylation is 1. The van der Waals surface area contributed by atoms with E-state index in [-0.39, 0.29) is 18.0 Å². The lowest BCUT2D eigenvalue weighted by Gasteiger charge is -2.31. The summed E-state index contributed by atoms with van der Waals surface area (Å²) in [5.74, 6) is 0.174. The molecule has 0 bridgehead atoms. The fourth-order valence-electron chi connectivity index (χ4n) is 2.21. The molecule has 0 aromatic carbocycles. The standard InChI is InChI=1S/C14H22N6O2/c1-8-9-7-20(13(21)22-14(2,3)4)6-5-10(9)18-12(17-8)19-11(15)16/h5-7H2,1-4H3,(H4,15,16,17,18,19). The van der Waals surface area contributed by atoms with Crippen LogP contribution in [0.2, 0.25) is 0 Å². The van der Waals surface area contributed by atoms with Crippen LogP contribution in [0.3, 0.4) is 0 Å². The summed E-state index contributed by atoms with van der Waals surface area (Å²) < 4.78 is 5.40. The Morgan fingerprint density at radius 2 is 2.00 bits per heavy atom. The molecule has 4 N–H and O–H groups in total. The van der Waals surface area contributed by atoms with Crippen LogP contribution in [0.1, 0.15) is 37.7 Å². The first-order chi connectivity index (χ1) is 10.2. The number of ether oxygens (including phenoxy) is 1. The molecule has 1 aromatic rings. The number of nitrogens with two attached hydrogens (primary N) is 2. The quantitative estimate of drug-likeness (QED) is 0.589. The van der Waals surface area contributed by atoms with Crippen LogP contribution in [0, 0.1) is 6.92 Å². The van der Waals surface area contributed by atoms with Gasteiger partial charge < -0.3 is 21.1 Å². The maximum Gasteiger partial charge on any atom is 0.410 e. The Hall–Kier alpha value is -2.38. The molecule has 0 atom stereocenters. The van der Waals surface area contributed by atoms with E-state index in [1.165, 1.54) is 0 Å². The van der Waals surface area contributed by atoms with Crippen molar-refractivity contribution in [2.45, 2.75) is 46.3 Å². The minimum absolute atomic E-state index is 0.0782. The number of hydrogen-bond acceptors (Lipinski definition) is 5. The molecule has 1 amide bonds. The molecule has 1 aliphatic rings. The molecule has 120 valence electrons. The number of hydrogen-bond donors (Lipinski definition) is 2. The Balaban J connectivity index is 2.21. The van der Waals surface area contributed by atoms with E-state index in [1.54, 1.807) is 4.90 Å². The van der Waals surface area contributed by atoms with Crippen molar-refractivity contribution in [3.05, 3.63) is 17.0 Å². The molecule has 0 unspecified atom stereocenters. The normalized spacial score (nSPS) is 14.3. The SMILES string of the molecule is Cc1nc(N=C(N)N)nc2c1CN(C(=O)OC(C)(C)C)CC2. The first-order valence-corrected chi connectivity index (χ1v) is 7.09. The number of nitrogens with zero attached hydrogens (tertiary/aromatic N) is 4. The molecular weight excluding hydrogens is 284 g/mol. The summed E-state index contributed by atoms with van der Waals surface area (Å²) in [5, 5.41) is 0. The van der Waals surface area contributed by atoms with Gasteiger partial charge in [0.25, 0.3) is 5.95 Å². The number of carbonyl (C=O) groups is 1. The summed E-state index contributed by atoms with van der Waals surface area (Å²) in [5.41, 5.74) is 12.7. The molecule has 1 aliphatic heterocycles. The van der Waals surface area contributed by atoms with Gasteiger partial charge in [-0.1, -0.05) is 0 Å². The number of guanidine groups is 1. The van der Waals surface area contributed by atoms with Crippen molar-refractivity contribution < 1.29 is 9.53 Å². The zero-order chi connectivity index (χ0) is 16.5. The molecule has 2 rings (SSSR count). The van der Waals surface area contributed by atoms with Gasteiger partial charge in [0.05, 0.1) is 12.2 Å². The van der Waals surface area contributed by atoms with Gasteiger partial charge in [-0.3, -0.25) is 0 Å². The fraction of sp³-hybridized carbons (Fsp3) is 0.571. The third-order valence-corrected chi connectivity index (χ3v) is 3.14. The molecule has 2 heterocycles. The van der Waals surface area contributed by atoms with Crippen LogP contribution in [0.25, 0.3) is 0 Å². The number of carbonyl (C=O) groups excluding carboxylic acids is 1. The Kier molecular flexibility index (Phi) is 4.20. The zero-order valence-electron chi connectivity index (χ0n) is 13.4. The molecule has 1 aromatic heterocycles. The molecule has 8 heteroatoms. The second-order valence-corrected chi connectivity index (χ2v) is 6.22. The van der Waals surface area contributed by atoms with Crippen molar-refractivity contribution in [1.29, 1.82) is 0 Å². The molecule has 8 nitrogen and oxygen atoms in total. The number of rotatable bonds is 1. The number of aromatic nitrogens is 2. The minimum Gasteiger partial charge on any atom is -0.444 e. The van der Waals surface area contributed by atoms with Crippen LogP contribution < -0.4 is 11.5 Å². The smallest absolute Gasteiger partial charge is 0.410 e. The highest BCUT2D eigenvalue weighted by molar-refractivity contribution is 5.77. The zero-order valence-corrected chi connectivity index (χ0v) is 13.4. The Labute approximate surface area is 129 Å². The summed E-state index contributed by atoms with van der Waals surface area (Å²) in [7, 11) is 0. The van der Waals surface area contributed by atoms with Crippen LogP contribution in [-0.4, -0.2) is 39.1 Å².